The molecule has 0 unspecified atom stereocenters. The fourth-order valence-corrected chi connectivity index (χ4v) is 0.100. The molecule has 2 heteroatoms. The first kappa shape index (κ1) is 1.80. The van der Waals surface area contributed by atoms with Gasteiger partial charge in [0.25, 0.3) is 0 Å². The van der Waals surface area contributed by atoms with Gasteiger partial charge in [-0.1, -0.05) is 0 Å². The zero-order chi connectivity index (χ0) is 8.58. The molecule has 0 aromatic rings. The number of likely N-dealkylation sites (N-methyl/N-ethyl adjacent to an activating group) is 1. The molecule has 0 spiro atoms. The molecule has 0 aliphatic heterocycles. The Hall–Kier alpha value is -0.0800. The second-order valence-corrected chi connectivity index (χ2v) is 1.12. The Labute approximate surface area is 44.0 Å². The van der Waals surface area contributed by atoms with Gasteiger partial charge in [-0.2, -0.15) is 0 Å². The van der Waals surface area contributed by atoms with Crippen LogP contribution in [-0.2, 0) is 0 Å². The predicted molar refractivity (Wildman–Crippen MR) is 25.6 cm³/mol. The van der Waals surface area contributed by atoms with Crippen molar-refractivity contribution in [2.45, 2.75) is 0 Å². The van der Waals surface area contributed by atoms with Crippen LogP contribution in [0.1, 0.15) is 5.48 Å². The van der Waals surface area contributed by atoms with Gasteiger partial charge in [-0.25, -0.2) is 0 Å². The summed E-state index contributed by atoms with van der Waals surface area (Å²) in [5.41, 5.74) is 0. The second kappa shape index (κ2) is 3.12. The monoisotopic (exact) mass is 93.1 g/mol. The third-order valence-corrected chi connectivity index (χ3v) is 0.274. The van der Waals surface area contributed by atoms with E-state index in [2.05, 4.69) is 0 Å². The third kappa shape index (κ3) is 3.92. The van der Waals surface area contributed by atoms with Gasteiger partial charge in [0.15, 0.2) is 0 Å². The van der Waals surface area contributed by atoms with Crippen LogP contribution in [0.5, 0.6) is 0 Å². The molecule has 0 aliphatic carbocycles. The van der Waals surface area contributed by atoms with Gasteiger partial charge in [0.1, 0.15) is 0 Å². The number of hydrogen-bond acceptors (Lipinski definition) is 2. The predicted octanol–water partition coefficient (Wildman–Crippen LogP) is -0.460. The van der Waals surface area contributed by atoms with Crippen molar-refractivity contribution in [1.82, 2.24) is 4.90 Å². The number of hydrogen-bond donors (Lipinski definition) is 1. The lowest BCUT2D eigenvalue weighted by molar-refractivity contribution is 0.243. The number of nitrogens with zero attached hydrogens (tertiary/aromatic N) is 1. The summed E-state index contributed by atoms with van der Waals surface area (Å²) in [6, 6.07) is 0. The summed E-state index contributed by atoms with van der Waals surface area (Å²) in [6.45, 7) is -5.16. The largest absolute Gasteiger partial charge is 0.395 e. The lowest BCUT2D eigenvalue weighted by Gasteiger charge is -2.03. The van der Waals surface area contributed by atoms with Crippen molar-refractivity contribution in [1.29, 1.82) is 0 Å². The van der Waals surface area contributed by atoms with E-state index in [1.165, 1.54) is 14.1 Å². The summed E-state index contributed by atoms with van der Waals surface area (Å²) in [6.07, 6.45) is 0. The molecule has 0 bridgehead atoms. The zero-order valence-electron chi connectivity index (χ0n) is 7.89. The van der Waals surface area contributed by atoms with Crippen molar-refractivity contribution < 1.29 is 10.6 Å². The summed E-state index contributed by atoms with van der Waals surface area (Å²) >= 11 is 0. The average Bonchev–Trinajstić information content (AvgIpc) is 1.62. The molecule has 2 nitrogen and oxygen atoms in total. The number of rotatable bonds is 2. The van der Waals surface area contributed by atoms with Crippen molar-refractivity contribution in [3.8, 4) is 0 Å². The van der Waals surface area contributed by atoms with E-state index in [4.69, 9.17) is 10.6 Å². The number of aliphatic hydroxyl groups is 1. The molecule has 0 radical (unpaired) electrons. The Morgan fingerprint density at radius 3 is 2.33 bits per heavy atom. The molecular formula is C4H11NO. The molecule has 0 saturated heterocycles. The van der Waals surface area contributed by atoms with Crippen LogP contribution in [0.4, 0.5) is 0 Å². The van der Waals surface area contributed by atoms with Crippen molar-refractivity contribution in [3.05, 3.63) is 0 Å². The van der Waals surface area contributed by atoms with Gasteiger partial charge in [-0.15, -0.1) is 0 Å². The SMILES string of the molecule is [2H]C([2H])(O)C([2H])([2H])N(C)C. The van der Waals surface area contributed by atoms with Crippen molar-refractivity contribution in [2.24, 2.45) is 0 Å². The molecule has 0 aromatic heterocycles. The third-order valence-electron chi connectivity index (χ3n) is 0.274. The Balaban J connectivity index is 4.40. The van der Waals surface area contributed by atoms with Gasteiger partial charge in [0.05, 0.1) is 9.30 Å². The lowest BCUT2D eigenvalue weighted by Crippen LogP contribution is -2.15. The van der Waals surface area contributed by atoms with E-state index in [-0.39, 0.29) is 0 Å². The van der Waals surface area contributed by atoms with E-state index < -0.39 is 13.1 Å². The van der Waals surface area contributed by atoms with Crippen molar-refractivity contribution >= 4 is 0 Å². The highest BCUT2D eigenvalue weighted by Crippen LogP contribution is 1.66. The van der Waals surface area contributed by atoms with Gasteiger partial charge < -0.3 is 10.0 Å². The summed E-state index contributed by atoms with van der Waals surface area (Å²) in [5.74, 6) is 0. The summed E-state index contributed by atoms with van der Waals surface area (Å²) < 4.78 is 27.3. The van der Waals surface area contributed by atoms with Crippen LogP contribution in [0, 0.1) is 0 Å². The van der Waals surface area contributed by atoms with E-state index in [0.29, 0.717) is 0 Å². The Morgan fingerprint density at radius 2 is 2.33 bits per heavy atom. The molecule has 0 amide bonds. The van der Waals surface area contributed by atoms with Crippen LogP contribution in [0.15, 0.2) is 0 Å². The average molecular weight is 93.2 g/mol. The van der Waals surface area contributed by atoms with Crippen LogP contribution < -0.4 is 0 Å². The van der Waals surface area contributed by atoms with Gasteiger partial charge >= 0.3 is 0 Å². The molecule has 38 valence electrons. The van der Waals surface area contributed by atoms with Crippen LogP contribution in [-0.4, -0.2) is 37.2 Å². The maximum Gasteiger partial charge on any atom is 0.0577 e. The minimum atomic E-state index is -2.82. The molecular weight excluding hydrogens is 78.0 g/mol. The second-order valence-electron chi connectivity index (χ2n) is 1.12. The molecule has 0 heterocycles. The topological polar surface area (TPSA) is 23.5 Å². The van der Waals surface area contributed by atoms with E-state index in [0.717, 1.165) is 4.90 Å². The molecule has 0 aliphatic rings. The highest BCUT2D eigenvalue weighted by atomic mass is 16.3. The fourth-order valence-electron chi connectivity index (χ4n) is 0.100. The first-order valence-electron chi connectivity index (χ1n) is 3.59. The molecule has 0 aromatic carbocycles. The van der Waals surface area contributed by atoms with E-state index in [1.54, 1.807) is 0 Å². The maximum atomic E-state index is 8.63. The zero-order valence-corrected chi connectivity index (χ0v) is 3.89. The molecule has 1 N–H and O–H groups in total. The van der Waals surface area contributed by atoms with Crippen LogP contribution in [0.3, 0.4) is 0 Å². The fraction of sp³-hybridized carbons (Fsp3) is 1.00. The van der Waals surface area contributed by atoms with Crippen molar-refractivity contribution in [2.75, 3.05) is 27.2 Å². The smallest absolute Gasteiger partial charge is 0.0577 e. The lowest BCUT2D eigenvalue weighted by atomic mass is 10.6. The van der Waals surface area contributed by atoms with Gasteiger partial charge in [-0.05, 0) is 14.1 Å². The Morgan fingerprint density at radius 1 is 1.83 bits per heavy atom. The van der Waals surface area contributed by atoms with Gasteiger partial charge in [0, 0.05) is 9.24 Å². The molecule has 0 rings (SSSR count). The van der Waals surface area contributed by atoms with Crippen molar-refractivity contribution in [3.63, 3.8) is 0 Å². The normalized spacial score (nSPS) is 24.7. The summed E-state index contributed by atoms with van der Waals surface area (Å²) in [5, 5.41) is 8.63. The Bertz CT molecular complexity index is 119. The quantitative estimate of drug-likeness (QED) is 0.499. The van der Waals surface area contributed by atoms with Gasteiger partial charge in [0.2, 0.25) is 0 Å². The van der Waals surface area contributed by atoms with E-state index in [1.807, 2.05) is 0 Å². The van der Waals surface area contributed by atoms with Crippen LogP contribution in [0.25, 0.3) is 0 Å². The van der Waals surface area contributed by atoms with Crippen LogP contribution in [0.2, 0.25) is 0 Å². The van der Waals surface area contributed by atoms with Crippen LogP contribution >= 0.6 is 0 Å². The maximum absolute atomic E-state index is 8.63. The first-order chi connectivity index (χ1) is 4.19. The highest BCUT2D eigenvalue weighted by Gasteiger charge is 1.80. The van der Waals surface area contributed by atoms with E-state index >= 15 is 0 Å². The Kier molecular flexibility index (Phi) is 0.938. The minimum absolute atomic E-state index is 0.979. The minimum Gasteiger partial charge on any atom is -0.395 e. The summed E-state index contributed by atoms with van der Waals surface area (Å²) in [7, 11) is 2.71. The van der Waals surface area contributed by atoms with Gasteiger partial charge in [-0.3, -0.25) is 0 Å². The first-order valence-corrected chi connectivity index (χ1v) is 1.59. The highest BCUT2D eigenvalue weighted by molar-refractivity contribution is 4.34. The summed E-state index contributed by atoms with van der Waals surface area (Å²) in [4.78, 5) is 0.979. The van der Waals surface area contributed by atoms with E-state index in [9.17, 15) is 0 Å². The molecule has 0 saturated carbocycles. The molecule has 0 fully saturated rings. The molecule has 6 heavy (non-hydrogen) atoms. The molecule has 0 atom stereocenters. The standard InChI is InChI=1S/C4H11NO/c1-5(2)3-4-6/h6H,3-4H2,1-2H3/i3D2,4D2.